The molecule has 0 aliphatic heterocycles. The van der Waals surface area contributed by atoms with Crippen LogP contribution in [-0.4, -0.2) is 19.9 Å². The van der Waals surface area contributed by atoms with Crippen molar-refractivity contribution in [2.45, 2.75) is 13.5 Å². The Hall–Kier alpha value is -4.07. The Morgan fingerprint density at radius 2 is 1.40 bits per heavy atom. The van der Waals surface area contributed by atoms with E-state index in [0.29, 0.717) is 30.1 Å². The minimum absolute atomic E-state index is 0.308. The lowest BCUT2D eigenvalue weighted by Gasteiger charge is -2.11. The molecule has 7 nitrogen and oxygen atoms in total. The summed E-state index contributed by atoms with van der Waals surface area (Å²) < 4.78 is 13.2. The number of anilines is 5. The van der Waals surface area contributed by atoms with Crippen LogP contribution in [0, 0.1) is 12.7 Å². The van der Waals surface area contributed by atoms with Crippen LogP contribution in [0.1, 0.15) is 11.3 Å². The summed E-state index contributed by atoms with van der Waals surface area (Å²) in [5, 5.41) is 9.48. The Labute approximate surface area is 173 Å². The average Bonchev–Trinajstić information content (AvgIpc) is 2.75. The number of aromatic nitrogens is 4. The van der Waals surface area contributed by atoms with Crippen molar-refractivity contribution in [3.05, 3.63) is 90.0 Å². The third-order valence-electron chi connectivity index (χ3n) is 4.18. The quantitative estimate of drug-likeness (QED) is 0.409. The number of halogens is 1. The molecule has 150 valence electrons. The number of pyridine rings is 1. The second-order valence-electron chi connectivity index (χ2n) is 6.59. The Balaban J connectivity index is 1.58. The maximum Gasteiger partial charge on any atom is 0.233 e. The number of hydrogen-bond donors (Lipinski definition) is 3. The van der Waals surface area contributed by atoms with Crippen molar-refractivity contribution in [2.75, 3.05) is 16.0 Å². The molecular weight excluding hydrogens is 381 g/mol. The van der Waals surface area contributed by atoms with Crippen molar-refractivity contribution >= 4 is 29.2 Å². The van der Waals surface area contributed by atoms with Crippen molar-refractivity contribution in [2.24, 2.45) is 0 Å². The second kappa shape index (κ2) is 8.95. The zero-order chi connectivity index (χ0) is 20.8. The predicted octanol–water partition coefficient (Wildman–Crippen LogP) is 4.81. The third-order valence-corrected chi connectivity index (χ3v) is 4.18. The van der Waals surface area contributed by atoms with Crippen LogP contribution in [0.3, 0.4) is 0 Å². The van der Waals surface area contributed by atoms with Crippen molar-refractivity contribution in [3.63, 3.8) is 0 Å². The largest absolute Gasteiger partial charge is 0.350 e. The van der Waals surface area contributed by atoms with Gasteiger partial charge >= 0.3 is 0 Å². The van der Waals surface area contributed by atoms with Crippen molar-refractivity contribution in [3.8, 4) is 0 Å². The molecule has 0 spiro atoms. The highest BCUT2D eigenvalue weighted by Gasteiger charge is 2.08. The van der Waals surface area contributed by atoms with Gasteiger partial charge in [-0.25, -0.2) is 4.39 Å². The minimum Gasteiger partial charge on any atom is -0.350 e. The van der Waals surface area contributed by atoms with E-state index in [1.54, 1.807) is 18.3 Å². The molecule has 3 N–H and O–H groups in total. The van der Waals surface area contributed by atoms with Gasteiger partial charge in [0.1, 0.15) is 5.82 Å². The number of para-hydroxylation sites is 1. The van der Waals surface area contributed by atoms with E-state index < -0.39 is 0 Å². The zero-order valence-electron chi connectivity index (χ0n) is 16.3. The van der Waals surface area contributed by atoms with E-state index in [1.807, 2.05) is 49.4 Å². The fourth-order valence-electron chi connectivity index (χ4n) is 2.78. The Morgan fingerprint density at radius 1 is 0.767 bits per heavy atom. The Morgan fingerprint density at radius 3 is 2.07 bits per heavy atom. The molecule has 2 aromatic heterocycles. The molecule has 0 radical (unpaired) electrons. The number of nitrogens with zero attached hydrogens (tertiary/aromatic N) is 4. The average molecular weight is 401 g/mol. The smallest absolute Gasteiger partial charge is 0.233 e. The highest BCUT2D eigenvalue weighted by Crippen LogP contribution is 2.19. The Bertz CT molecular complexity index is 1120. The van der Waals surface area contributed by atoms with Crippen molar-refractivity contribution in [1.82, 2.24) is 19.9 Å². The molecule has 0 saturated carbocycles. The molecule has 0 aliphatic carbocycles. The summed E-state index contributed by atoms with van der Waals surface area (Å²) in [4.78, 5) is 17.5. The monoisotopic (exact) mass is 401 g/mol. The molecular formula is C22H20FN7. The lowest BCUT2D eigenvalue weighted by molar-refractivity contribution is 0.628. The summed E-state index contributed by atoms with van der Waals surface area (Å²) in [6.45, 7) is 2.48. The van der Waals surface area contributed by atoms with E-state index in [9.17, 15) is 4.39 Å². The maximum atomic E-state index is 13.2. The number of nitrogens with one attached hydrogen (secondary N) is 3. The normalized spacial score (nSPS) is 10.5. The molecule has 0 saturated heterocycles. The van der Waals surface area contributed by atoms with Gasteiger partial charge in [0.2, 0.25) is 17.8 Å². The van der Waals surface area contributed by atoms with Gasteiger partial charge in [0, 0.05) is 29.8 Å². The van der Waals surface area contributed by atoms with E-state index in [0.717, 1.165) is 16.9 Å². The molecule has 0 amide bonds. The van der Waals surface area contributed by atoms with Crippen LogP contribution >= 0.6 is 0 Å². The van der Waals surface area contributed by atoms with Gasteiger partial charge in [-0.05, 0) is 61.0 Å². The predicted molar refractivity (Wildman–Crippen MR) is 116 cm³/mol. The molecule has 0 atom stereocenters. The maximum absolute atomic E-state index is 13.2. The summed E-state index contributed by atoms with van der Waals surface area (Å²) in [5.41, 5.74) is 3.53. The number of rotatable bonds is 7. The molecule has 0 unspecified atom stereocenters. The molecule has 2 heterocycles. The summed E-state index contributed by atoms with van der Waals surface area (Å²) in [5.74, 6) is 0.817. The minimum atomic E-state index is -0.308. The number of benzene rings is 2. The third kappa shape index (κ3) is 5.26. The highest BCUT2D eigenvalue weighted by atomic mass is 19.1. The summed E-state index contributed by atoms with van der Waals surface area (Å²) in [6, 6.07) is 19.5. The van der Waals surface area contributed by atoms with E-state index in [-0.39, 0.29) is 5.82 Å². The molecule has 0 aliphatic rings. The van der Waals surface area contributed by atoms with Gasteiger partial charge in [-0.3, -0.25) is 4.98 Å². The van der Waals surface area contributed by atoms with Gasteiger partial charge in [0.15, 0.2) is 0 Å². The molecule has 4 rings (SSSR count). The van der Waals surface area contributed by atoms with Gasteiger partial charge in [0.05, 0.1) is 0 Å². The van der Waals surface area contributed by atoms with E-state index in [4.69, 9.17) is 0 Å². The van der Waals surface area contributed by atoms with Gasteiger partial charge in [-0.1, -0.05) is 18.2 Å². The Kier molecular flexibility index (Phi) is 5.75. The molecule has 8 heteroatoms. The first-order valence-electron chi connectivity index (χ1n) is 9.40. The summed E-state index contributed by atoms with van der Waals surface area (Å²) in [6.07, 6.45) is 1.77. The van der Waals surface area contributed by atoms with Crippen LogP contribution < -0.4 is 16.0 Å². The van der Waals surface area contributed by atoms with Crippen LogP contribution in [0.2, 0.25) is 0 Å². The first-order valence-corrected chi connectivity index (χ1v) is 9.40. The lowest BCUT2D eigenvalue weighted by atomic mass is 10.2. The van der Waals surface area contributed by atoms with Crippen molar-refractivity contribution < 1.29 is 4.39 Å². The van der Waals surface area contributed by atoms with E-state index >= 15 is 0 Å². The number of hydrogen-bond acceptors (Lipinski definition) is 7. The number of aryl methyl sites for hydroxylation is 1. The SMILES string of the molecule is Cc1cc(CNc2nc(Nc3ccccc3)nc(Nc3ccc(F)cc3)n2)ccn1. The fraction of sp³-hybridized carbons (Fsp3) is 0.0909. The van der Waals surface area contributed by atoms with E-state index in [2.05, 4.69) is 35.9 Å². The van der Waals surface area contributed by atoms with Crippen molar-refractivity contribution in [1.29, 1.82) is 0 Å². The highest BCUT2D eigenvalue weighted by molar-refractivity contribution is 5.59. The van der Waals surface area contributed by atoms with Crippen LogP contribution in [0.5, 0.6) is 0 Å². The van der Waals surface area contributed by atoms with Crippen LogP contribution in [0.15, 0.2) is 72.9 Å². The first kappa shape index (κ1) is 19.3. The summed E-state index contributed by atoms with van der Waals surface area (Å²) >= 11 is 0. The standard InChI is InChI=1S/C22H20FN7/c1-15-13-16(11-12-24-15)14-25-20-28-21(26-18-5-3-2-4-6-18)30-22(29-20)27-19-9-7-17(23)8-10-19/h2-13H,14H2,1H3,(H3,25,26,27,28,29,30). The van der Waals surface area contributed by atoms with Gasteiger partial charge in [-0.2, -0.15) is 15.0 Å². The van der Waals surface area contributed by atoms with Gasteiger partial charge in [0.25, 0.3) is 0 Å². The molecule has 0 bridgehead atoms. The molecule has 2 aromatic carbocycles. The van der Waals surface area contributed by atoms with Crippen LogP contribution in [0.25, 0.3) is 0 Å². The van der Waals surface area contributed by atoms with Gasteiger partial charge in [-0.15, -0.1) is 0 Å². The lowest BCUT2D eigenvalue weighted by Crippen LogP contribution is -2.09. The van der Waals surface area contributed by atoms with Gasteiger partial charge < -0.3 is 16.0 Å². The first-order chi connectivity index (χ1) is 14.6. The zero-order valence-corrected chi connectivity index (χ0v) is 16.3. The topological polar surface area (TPSA) is 87.7 Å². The molecule has 0 fully saturated rings. The van der Waals surface area contributed by atoms with E-state index in [1.165, 1.54) is 12.1 Å². The molecule has 30 heavy (non-hydrogen) atoms. The van der Waals surface area contributed by atoms with Crippen LogP contribution in [-0.2, 0) is 6.54 Å². The van der Waals surface area contributed by atoms with Crippen LogP contribution in [0.4, 0.5) is 33.6 Å². The second-order valence-corrected chi connectivity index (χ2v) is 6.59. The molecule has 4 aromatic rings. The summed E-state index contributed by atoms with van der Waals surface area (Å²) in [7, 11) is 0. The fourth-order valence-corrected chi connectivity index (χ4v) is 2.78.